The van der Waals surface area contributed by atoms with Gasteiger partial charge in [0.25, 0.3) is 0 Å². The van der Waals surface area contributed by atoms with Gasteiger partial charge in [-0.3, -0.25) is 0 Å². The van der Waals surface area contributed by atoms with Crippen molar-refractivity contribution in [3.05, 3.63) is 29.4 Å². The van der Waals surface area contributed by atoms with Crippen molar-refractivity contribution in [1.29, 1.82) is 0 Å². The van der Waals surface area contributed by atoms with Gasteiger partial charge in [0.05, 0.1) is 31.7 Å². The zero-order valence-corrected chi connectivity index (χ0v) is 11.6. The van der Waals surface area contributed by atoms with E-state index >= 15 is 0 Å². The number of carbonyl (C=O) groups is 1. The first kappa shape index (κ1) is 13.4. The first-order chi connectivity index (χ1) is 9.21. The summed E-state index contributed by atoms with van der Waals surface area (Å²) in [6.07, 6.45) is 0. The molecule has 0 radical (unpaired) electrons. The van der Waals surface area contributed by atoms with Crippen LogP contribution in [0.15, 0.2) is 23.7 Å². The quantitative estimate of drug-likeness (QED) is 0.805. The highest BCUT2D eigenvalue weighted by Gasteiger charge is 2.19. The van der Waals surface area contributed by atoms with Crippen molar-refractivity contribution < 1.29 is 19.0 Å². The van der Waals surface area contributed by atoms with Crippen molar-refractivity contribution in [2.24, 2.45) is 0 Å². The lowest BCUT2D eigenvalue weighted by Crippen LogP contribution is -2.03. The Labute approximate surface area is 114 Å². The van der Waals surface area contributed by atoms with Crippen LogP contribution >= 0.6 is 11.3 Å². The molecule has 0 fully saturated rings. The Balaban J connectivity index is 2.53. The number of benzene rings is 1. The predicted octanol–water partition coefficient (Wildman–Crippen LogP) is 2.61. The van der Waals surface area contributed by atoms with Gasteiger partial charge in [-0.1, -0.05) is 0 Å². The largest absolute Gasteiger partial charge is 0.497 e. The van der Waals surface area contributed by atoms with Gasteiger partial charge in [0, 0.05) is 11.6 Å². The Hall–Kier alpha value is -2.08. The van der Waals surface area contributed by atoms with E-state index < -0.39 is 5.97 Å². The lowest BCUT2D eigenvalue weighted by molar-refractivity contribution is 0.0596. The normalized spacial score (nSPS) is 10.1. The van der Waals surface area contributed by atoms with E-state index in [1.807, 2.05) is 6.07 Å². The highest BCUT2D eigenvalue weighted by Crippen LogP contribution is 2.37. The van der Waals surface area contributed by atoms with Crippen LogP contribution in [-0.4, -0.2) is 32.3 Å². The van der Waals surface area contributed by atoms with Crippen molar-refractivity contribution >= 4 is 17.3 Å². The maximum Gasteiger partial charge on any atom is 0.358 e. The Morgan fingerprint density at radius 3 is 2.63 bits per heavy atom. The van der Waals surface area contributed by atoms with Crippen LogP contribution in [0.3, 0.4) is 0 Å². The van der Waals surface area contributed by atoms with Crippen LogP contribution in [0.25, 0.3) is 10.4 Å². The Kier molecular flexibility index (Phi) is 4.01. The van der Waals surface area contributed by atoms with Crippen molar-refractivity contribution in [3.8, 4) is 21.9 Å². The first-order valence-electron chi connectivity index (χ1n) is 5.45. The number of carbonyl (C=O) groups excluding carboxylic acids is 1. The number of hydrogen-bond donors (Lipinski definition) is 0. The number of aromatic nitrogens is 1. The summed E-state index contributed by atoms with van der Waals surface area (Å²) in [5, 5.41) is 0. The fourth-order valence-electron chi connectivity index (χ4n) is 1.67. The molecular weight excluding hydrogens is 266 g/mol. The monoisotopic (exact) mass is 279 g/mol. The smallest absolute Gasteiger partial charge is 0.358 e. The molecule has 1 heterocycles. The highest BCUT2D eigenvalue weighted by atomic mass is 32.1. The molecule has 0 spiro atoms. The predicted molar refractivity (Wildman–Crippen MR) is 72.0 cm³/mol. The molecule has 19 heavy (non-hydrogen) atoms. The summed E-state index contributed by atoms with van der Waals surface area (Å²) in [7, 11) is 4.48. The van der Waals surface area contributed by atoms with Gasteiger partial charge in [-0.25, -0.2) is 9.78 Å². The molecule has 0 aliphatic rings. The molecule has 0 unspecified atom stereocenters. The van der Waals surface area contributed by atoms with Gasteiger partial charge in [-0.15, -0.1) is 11.3 Å². The molecule has 0 aliphatic carbocycles. The lowest BCUT2D eigenvalue weighted by atomic mass is 10.1. The molecule has 2 rings (SSSR count). The van der Waals surface area contributed by atoms with Crippen LogP contribution in [0.1, 0.15) is 10.5 Å². The Bertz CT molecular complexity index is 594. The highest BCUT2D eigenvalue weighted by molar-refractivity contribution is 7.13. The van der Waals surface area contributed by atoms with Gasteiger partial charge in [0.1, 0.15) is 11.5 Å². The summed E-state index contributed by atoms with van der Waals surface area (Å²) in [6.45, 7) is 0. The topological polar surface area (TPSA) is 57.7 Å². The molecule has 0 atom stereocenters. The zero-order valence-electron chi connectivity index (χ0n) is 10.8. The van der Waals surface area contributed by atoms with Crippen molar-refractivity contribution in [1.82, 2.24) is 4.98 Å². The number of thiazole rings is 1. The van der Waals surface area contributed by atoms with Crippen LogP contribution in [-0.2, 0) is 4.74 Å². The molecule has 0 amide bonds. The van der Waals surface area contributed by atoms with Gasteiger partial charge >= 0.3 is 5.97 Å². The van der Waals surface area contributed by atoms with Gasteiger partial charge in [0.2, 0.25) is 0 Å². The van der Waals surface area contributed by atoms with E-state index in [-0.39, 0.29) is 5.69 Å². The van der Waals surface area contributed by atoms with Crippen LogP contribution in [0.5, 0.6) is 11.5 Å². The van der Waals surface area contributed by atoms with Crippen molar-refractivity contribution in [2.75, 3.05) is 21.3 Å². The minimum Gasteiger partial charge on any atom is -0.497 e. The third-order valence-corrected chi connectivity index (χ3v) is 3.46. The Morgan fingerprint density at radius 2 is 2.00 bits per heavy atom. The molecule has 1 aromatic heterocycles. The standard InChI is InChI=1S/C13H13NO4S/c1-16-8-4-5-9(10(6-8)17-2)12-11(13(15)18-3)14-7-19-12/h4-7H,1-3H3. The van der Waals surface area contributed by atoms with Gasteiger partial charge in [-0.05, 0) is 12.1 Å². The summed E-state index contributed by atoms with van der Waals surface area (Å²) in [5.74, 6) is 0.840. The van der Waals surface area contributed by atoms with Gasteiger partial charge in [-0.2, -0.15) is 0 Å². The molecule has 0 bridgehead atoms. The second kappa shape index (κ2) is 5.71. The summed E-state index contributed by atoms with van der Waals surface area (Å²) < 4.78 is 15.2. The average Bonchev–Trinajstić information content (AvgIpc) is 2.94. The van der Waals surface area contributed by atoms with E-state index in [4.69, 9.17) is 14.2 Å². The first-order valence-corrected chi connectivity index (χ1v) is 6.33. The van der Waals surface area contributed by atoms with Crippen LogP contribution in [0.4, 0.5) is 0 Å². The number of hydrogen-bond acceptors (Lipinski definition) is 6. The third kappa shape index (κ3) is 2.53. The number of esters is 1. The summed E-state index contributed by atoms with van der Waals surface area (Å²) in [5.41, 5.74) is 2.67. The van der Waals surface area contributed by atoms with E-state index in [1.54, 1.807) is 31.9 Å². The number of nitrogens with zero attached hydrogens (tertiary/aromatic N) is 1. The minimum absolute atomic E-state index is 0.288. The SMILES string of the molecule is COC(=O)c1ncsc1-c1ccc(OC)cc1OC. The molecule has 0 saturated heterocycles. The van der Waals surface area contributed by atoms with Crippen LogP contribution < -0.4 is 9.47 Å². The molecule has 1 aromatic carbocycles. The van der Waals surface area contributed by atoms with Crippen molar-refractivity contribution in [3.63, 3.8) is 0 Å². The molecular formula is C13H13NO4S. The van der Waals surface area contributed by atoms with E-state index in [9.17, 15) is 4.79 Å². The molecule has 0 saturated carbocycles. The van der Waals surface area contributed by atoms with Crippen LogP contribution in [0.2, 0.25) is 0 Å². The molecule has 6 heteroatoms. The van der Waals surface area contributed by atoms with Crippen molar-refractivity contribution in [2.45, 2.75) is 0 Å². The lowest BCUT2D eigenvalue weighted by Gasteiger charge is -2.09. The van der Waals surface area contributed by atoms with Crippen LogP contribution in [0, 0.1) is 0 Å². The zero-order chi connectivity index (χ0) is 13.8. The van der Waals surface area contributed by atoms with E-state index in [2.05, 4.69) is 4.98 Å². The summed E-state index contributed by atoms with van der Waals surface area (Å²) >= 11 is 1.36. The maximum absolute atomic E-state index is 11.6. The van der Waals surface area contributed by atoms with E-state index in [0.29, 0.717) is 16.4 Å². The van der Waals surface area contributed by atoms with Gasteiger partial charge in [0.15, 0.2) is 5.69 Å². The third-order valence-electron chi connectivity index (χ3n) is 2.60. The maximum atomic E-state index is 11.6. The molecule has 0 N–H and O–H groups in total. The molecule has 2 aromatic rings. The summed E-state index contributed by atoms with van der Waals surface area (Å²) in [4.78, 5) is 16.4. The molecule has 5 nitrogen and oxygen atoms in total. The van der Waals surface area contributed by atoms with E-state index in [0.717, 1.165) is 5.56 Å². The minimum atomic E-state index is -0.464. The van der Waals surface area contributed by atoms with E-state index in [1.165, 1.54) is 18.4 Å². The summed E-state index contributed by atoms with van der Waals surface area (Å²) in [6, 6.07) is 5.40. The average molecular weight is 279 g/mol. The fraction of sp³-hybridized carbons (Fsp3) is 0.231. The number of methoxy groups -OCH3 is 3. The number of rotatable bonds is 4. The molecule has 0 aliphatic heterocycles. The number of ether oxygens (including phenoxy) is 3. The molecule has 100 valence electrons. The second-order valence-electron chi connectivity index (χ2n) is 3.59. The Morgan fingerprint density at radius 1 is 1.21 bits per heavy atom. The second-order valence-corrected chi connectivity index (χ2v) is 4.44. The van der Waals surface area contributed by atoms with Gasteiger partial charge < -0.3 is 14.2 Å². The fourth-order valence-corrected chi connectivity index (χ4v) is 2.47.